The SMILES string of the molecule is CC1CCC(CNS(=O)(=O)N2CCCCC2CO)C1. The molecule has 0 aromatic carbocycles. The van der Waals surface area contributed by atoms with Crippen LogP contribution in [-0.4, -0.2) is 43.6 Å². The summed E-state index contributed by atoms with van der Waals surface area (Å²) >= 11 is 0. The standard InChI is InChI=1S/C13H26N2O3S/c1-11-5-6-12(8-11)9-14-19(17,18)15-7-3-2-4-13(15)10-16/h11-14,16H,2-10H2,1H3. The van der Waals surface area contributed by atoms with Gasteiger partial charge in [0.15, 0.2) is 0 Å². The molecule has 3 unspecified atom stereocenters. The van der Waals surface area contributed by atoms with Crippen molar-refractivity contribution >= 4 is 10.2 Å². The van der Waals surface area contributed by atoms with Gasteiger partial charge in [0.25, 0.3) is 10.2 Å². The lowest BCUT2D eigenvalue weighted by Crippen LogP contribution is -2.51. The van der Waals surface area contributed by atoms with Crippen molar-refractivity contribution in [2.45, 2.75) is 51.5 Å². The van der Waals surface area contributed by atoms with Crippen LogP contribution in [0, 0.1) is 11.8 Å². The van der Waals surface area contributed by atoms with E-state index in [0.29, 0.717) is 19.0 Å². The highest BCUT2D eigenvalue weighted by atomic mass is 32.2. The zero-order valence-electron chi connectivity index (χ0n) is 11.7. The average Bonchev–Trinajstić information content (AvgIpc) is 2.82. The second kappa shape index (κ2) is 6.52. The Morgan fingerprint density at radius 1 is 1.26 bits per heavy atom. The Labute approximate surface area is 116 Å². The first kappa shape index (κ1) is 15.2. The number of piperidine rings is 1. The fraction of sp³-hybridized carbons (Fsp3) is 1.00. The van der Waals surface area contributed by atoms with E-state index in [2.05, 4.69) is 11.6 Å². The van der Waals surface area contributed by atoms with E-state index in [1.807, 2.05) is 0 Å². The Morgan fingerprint density at radius 2 is 2.05 bits per heavy atom. The van der Waals surface area contributed by atoms with Gasteiger partial charge in [0.2, 0.25) is 0 Å². The minimum absolute atomic E-state index is 0.0820. The molecule has 2 N–H and O–H groups in total. The van der Waals surface area contributed by atoms with Crippen LogP contribution < -0.4 is 4.72 Å². The molecular formula is C13H26N2O3S. The molecule has 112 valence electrons. The monoisotopic (exact) mass is 290 g/mol. The lowest BCUT2D eigenvalue weighted by atomic mass is 10.1. The number of hydrogen-bond donors (Lipinski definition) is 2. The first-order valence-corrected chi connectivity index (χ1v) is 8.84. The van der Waals surface area contributed by atoms with Crippen molar-refractivity contribution in [2.24, 2.45) is 11.8 Å². The Hall–Kier alpha value is -0.170. The van der Waals surface area contributed by atoms with Crippen molar-refractivity contribution in [1.82, 2.24) is 9.03 Å². The second-order valence-corrected chi connectivity index (χ2v) is 7.79. The first-order chi connectivity index (χ1) is 9.03. The van der Waals surface area contributed by atoms with Crippen LogP contribution >= 0.6 is 0 Å². The van der Waals surface area contributed by atoms with Gasteiger partial charge in [-0.15, -0.1) is 0 Å². The summed E-state index contributed by atoms with van der Waals surface area (Å²) in [5.41, 5.74) is 0. The van der Waals surface area contributed by atoms with E-state index in [-0.39, 0.29) is 12.6 Å². The molecule has 1 saturated heterocycles. The molecule has 6 heteroatoms. The van der Waals surface area contributed by atoms with E-state index in [0.717, 1.165) is 38.0 Å². The number of rotatable bonds is 5. The smallest absolute Gasteiger partial charge is 0.279 e. The van der Waals surface area contributed by atoms with Gasteiger partial charge in [0.05, 0.1) is 6.61 Å². The molecule has 0 aromatic heterocycles. The van der Waals surface area contributed by atoms with Crippen LogP contribution in [-0.2, 0) is 10.2 Å². The van der Waals surface area contributed by atoms with Gasteiger partial charge in [-0.1, -0.05) is 19.8 Å². The third kappa shape index (κ3) is 3.90. The molecule has 0 amide bonds. The highest BCUT2D eigenvalue weighted by Crippen LogP contribution is 2.30. The zero-order chi connectivity index (χ0) is 13.9. The number of nitrogens with one attached hydrogen (secondary N) is 1. The van der Waals surface area contributed by atoms with Crippen molar-refractivity contribution in [3.8, 4) is 0 Å². The van der Waals surface area contributed by atoms with Crippen molar-refractivity contribution in [1.29, 1.82) is 0 Å². The van der Waals surface area contributed by atoms with E-state index in [1.165, 1.54) is 10.7 Å². The van der Waals surface area contributed by atoms with Gasteiger partial charge in [0.1, 0.15) is 0 Å². The fourth-order valence-corrected chi connectivity index (χ4v) is 4.84. The number of aliphatic hydroxyl groups is 1. The lowest BCUT2D eigenvalue weighted by molar-refractivity contribution is 0.153. The van der Waals surface area contributed by atoms with Crippen molar-refractivity contribution < 1.29 is 13.5 Å². The minimum atomic E-state index is -3.43. The molecule has 2 fully saturated rings. The van der Waals surface area contributed by atoms with Gasteiger partial charge in [-0.2, -0.15) is 12.7 Å². The van der Waals surface area contributed by atoms with Gasteiger partial charge in [-0.05, 0) is 37.5 Å². The largest absolute Gasteiger partial charge is 0.395 e. The van der Waals surface area contributed by atoms with E-state index in [4.69, 9.17) is 0 Å². The van der Waals surface area contributed by atoms with Crippen LogP contribution in [0.1, 0.15) is 45.4 Å². The average molecular weight is 290 g/mol. The number of hydrogen-bond acceptors (Lipinski definition) is 3. The minimum Gasteiger partial charge on any atom is -0.395 e. The summed E-state index contributed by atoms with van der Waals surface area (Å²) < 4.78 is 28.8. The van der Waals surface area contributed by atoms with Gasteiger partial charge >= 0.3 is 0 Å². The van der Waals surface area contributed by atoms with E-state index < -0.39 is 10.2 Å². The summed E-state index contributed by atoms with van der Waals surface area (Å²) in [6.07, 6.45) is 6.08. The maximum atomic E-state index is 12.3. The van der Waals surface area contributed by atoms with Gasteiger partial charge < -0.3 is 5.11 Å². The summed E-state index contributed by atoms with van der Waals surface area (Å²) in [5, 5.41) is 9.31. The Morgan fingerprint density at radius 3 is 2.68 bits per heavy atom. The topological polar surface area (TPSA) is 69.6 Å². The van der Waals surface area contributed by atoms with Gasteiger partial charge in [-0.3, -0.25) is 0 Å². The van der Waals surface area contributed by atoms with Crippen molar-refractivity contribution in [3.63, 3.8) is 0 Å². The van der Waals surface area contributed by atoms with E-state index in [1.54, 1.807) is 0 Å². The maximum absolute atomic E-state index is 12.3. The van der Waals surface area contributed by atoms with Crippen molar-refractivity contribution in [3.05, 3.63) is 0 Å². The highest BCUT2D eigenvalue weighted by Gasteiger charge is 2.32. The van der Waals surface area contributed by atoms with Gasteiger partial charge in [0, 0.05) is 19.1 Å². The summed E-state index contributed by atoms with van der Waals surface area (Å²) in [6.45, 7) is 3.21. The Balaban J connectivity index is 1.89. The number of nitrogens with zero attached hydrogens (tertiary/aromatic N) is 1. The molecule has 0 bridgehead atoms. The van der Waals surface area contributed by atoms with Crippen LogP contribution in [0.4, 0.5) is 0 Å². The quantitative estimate of drug-likeness (QED) is 0.797. The molecule has 5 nitrogen and oxygen atoms in total. The summed E-state index contributed by atoms with van der Waals surface area (Å²) in [4.78, 5) is 0. The molecule has 1 aliphatic heterocycles. The third-order valence-electron chi connectivity index (χ3n) is 4.45. The summed E-state index contributed by atoms with van der Waals surface area (Å²) in [7, 11) is -3.43. The molecule has 1 saturated carbocycles. The van der Waals surface area contributed by atoms with Gasteiger partial charge in [-0.25, -0.2) is 4.72 Å². The molecule has 1 heterocycles. The molecule has 19 heavy (non-hydrogen) atoms. The molecule has 2 aliphatic rings. The normalized spacial score (nSPS) is 33.7. The molecular weight excluding hydrogens is 264 g/mol. The van der Waals surface area contributed by atoms with Crippen LogP contribution in [0.25, 0.3) is 0 Å². The zero-order valence-corrected chi connectivity index (χ0v) is 12.5. The molecule has 1 aliphatic carbocycles. The number of aliphatic hydroxyl groups excluding tert-OH is 1. The molecule has 0 aromatic rings. The van der Waals surface area contributed by atoms with E-state index >= 15 is 0 Å². The Kier molecular flexibility index (Phi) is 5.22. The van der Waals surface area contributed by atoms with E-state index in [9.17, 15) is 13.5 Å². The summed E-state index contributed by atoms with van der Waals surface area (Å²) in [6, 6.07) is -0.242. The maximum Gasteiger partial charge on any atom is 0.279 e. The molecule has 0 spiro atoms. The van der Waals surface area contributed by atoms with Crippen LogP contribution in [0.2, 0.25) is 0 Å². The first-order valence-electron chi connectivity index (χ1n) is 7.40. The van der Waals surface area contributed by atoms with Crippen LogP contribution in [0.3, 0.4) is 0 Å². The lowest BCUT2D eigenvalue weighted by Gasteiger charge is -2.33. The third-order valence-corrected chi connectivity index (χ3v) is 6.08. The second-order valence-electron chi connectivity index (χ2n) is 6.08. The highest BCUT2D eigenvalue weighted by molar-refractivity contribution is 7.87. The predicted octanol–water partition coefficient (Wildman–Crippen LogP) is 1.10. The summed E-state index contributed by atoms with van der Waals surface area (Å²) in [5.74, 6) is 1.19. The Bertz CT molecular complexity index is 385. The van der Waals surface area contributed by atoms with Crippen LogP contribution in [0.15, 0.2) is 0 Å². The molecule has 2 rings (SSSR count). The van der Waals surface area contributed by atoms with Crippen molar-refractivity contribution in [2.75, 3.05) is 19.7 Å². The fourth-order valence-electron chi connectivity index (χ4n) is 3.29. The molecule has 0 radical (unpaired) electrons. The predicted molar refractivity (Wildman–Crippen MR) is 74.9 cm³/mol. The molecule has 3 atom stereocenters. The van der Waals surface area contributed by atoms with Crippen LogP contribution in [0.5, 0.6) is 0 Å².